The topological polar surface area (TPSA) is 55.6 Å². The fourth-order valence-electron chi connectivity index (χ4n) is 2.58. The summed E-state index contributed by atoms with van der Waals surface area (Å²) in [7, 11) is 1.79. The van der Waals surface area contributed by atoms with E-state index in [1.54, 1.807) is 11.9 Å². The third kappa shape index (κ3) is 2.73. The van der Waals surface area contributed by atoms with Gasteiger partial charge in [-0.1, -0.05) is 19.9 Å². The van der Waals surface area contributed by atoms with Crippen LogP contribution in [0.2, 0.25) is 0 Å². The first-order valence-electron chi connectivity index (χ1n) is 6.78. The van der Waals surface area contributed by atoms with Crippen LogP contribution in [0.15, 0.2) is 18.2 Å². The van der Waals surface area contributed by atoms with Gasteiger partial charge in [0.05, 0.1) is 5.69 Å². The van der Waals surface area contributed by atoms with Gasteiger partial charge in [-0.3, -0.25) is 4.79 Å². The lowest BCUT2D eigenvalue weighted by molar-refractivity contribution is -0.120. The quantitative estimate of drug-likeness (QED) is 0.904. The zero-order chi connectivity index (χ0) is 14.0. The van der Waals surface area contributed by atoms with Crippen LogP contribution in [-0.2, 0) is 4.79 Å². The zero-order valence-electron chi connectivity index (χ0n) is 11.8. The lowest BCUT2D eigenvalue weighted by atomic mass is 9.85. The van der Waals surface area contributed by atoms with E-state index in [1.807, 2.05) is 6.07 Å². The standard InChI is InChI=1S/C15H22N2O2/c1-10(2)12(6-7-16)11-4-5-14-13(8-11)17(3)15(18)9-19-14/h4-5,8,10,12H,6-7,9,16H2,1-3H3. The summed E-state index contributed by atoms with van der Waals surface area (Å²) in [6.45, 7) is 5.20. The predicted octanol–water partition coefficient (Wildman–Crippen LogP) is 2.13. The fourth-order valence-corrected chi connectivity index (χ4v) is 2.58. The molecule has 1 aliphatic heterocycles. The molecule has 0 saturated heterocycles. The second-order valence-corrected chi connectivity index (χ2v) is 5.40. The van der Waals surface area contributed by atoms with Crippen molar-refractivity contribution in [3.8, 4) is 5.75 Å². The Morgan fingerprint density at radius 3 is 2.79 bits per heavy atom. The normalized spacial score (nSPS) is 16.3. The SMILES string of the molecule is CC(C)C(CCN)c1ccc2c(c1)N(C)C(=O)CO2. The average molecular weight is 262 g/mol. The maximum Gasteiger partial charge on any atom is 0.264 e. The van der Waals surface area contributed by atoms with E-state index in [0.717, 1.165) is 17.9 Å². The van der Waals surface area contributed by atoms with Gasteiger partial charge < -0.3 is 15.4 Å². The highest BCUT2D eigenvalue weighted by Crippen LogP contribution is 2.36. The summed E-state index contributed by atoms with van der Waals surface area (Å²) in [5, 5.41) is 0. The van der Waals surface area contributed by atoms with E-state index in [2.05, 4.69) is 26.0 Å². The van der Waals surface area contributed by atoms with Crippen LogP contribution in [0.5, 0.6) is 5.75 Å². The molecule has 0 saturated carbocycles. The Morgan fingerprint density at radius 1 is 1.42 bits per heavy atom. The van der Waals surface area contributed by atoms with Crippen LogP contribution in [0.1, 0.15) is 31.7 Å². The van der Waals surface area contributed by atoms with Crippen molar-refractivity contribution in [1.29, 1.82) is 0 Å². The van der Waals surface area contributed by atoms with Crippen LogP contribution < -0.4 is 15.4 Å². The van der Waals surface area contributed by atoms with E-state index in [-0.39, 0.29) is 12.5 Å². The van der Waals surface area contributed by atoms with Crippen molar-refractivity contribution in [3.63, 3.8) is 0 Å². The Labute approximate surface area is 114 Å². The molecule has 4 nitrogen and oxygen atoms in total. The largest absolute Gasteiger partial charge is 0.482 e. The number of likely N-dealkylation sites (N-methyl/N-ethyl adjacent to an activating group) is 1. The molecule has 104 valence electrons. The molecule has 1 amide bonds. The van der Waals surface area contributed by atoms with Crippen molar-refractivity contribution in [2.24, 2.45) is 11.7 Å². The number of carbonyl (C=O) groups excluding carboxylic acids is 1. The maximum absolute atomic E-state index is 11.7. The molecule has 2 N–H and O–H groups in total. The highest BCUT2D eigenvalue weighted by Gasteiger charge is 2.24. The molecule has 1 aromatic carbocycles. The number of rotatable bonds is 4. The Balaban J connectivity index is 2.36. The molecule has 0 aromatic heterocycles. The first-order valence-corrected chi connectivity index (χ1v) is 6.78. The molecular weight excluding hydrogens is 240 g/mol. The zero-order valence-corrected chi connectivity index (χ0v) is 11.8. The molecule has 0 spiro atoms. The third-order valence-electron chi connectivity index (χ3n) is 3.78. The van der Waals surface area contributed by atoms with E-state index < -0.39 is 0 Å². The lowest BCUT2D eigenvalue weighted by Crippen LogP contribution is -2.35. The molecular formula is C15H22N2O2. The maximum atomic E-state index is 11.7. The second-order valence-electron chi connectivity index (χ2n) is 5.40. The van der Waals surface area contributed by atoms with Gasteiger partial charge in [0.15, 0.2) is 6.61 Å². The fraction of sp³-hybridized carbons (Fsp3) is 0.533. The molecule has 0 bridgehead atoms. The number of nitrogens with two attached hydrogens (primary N) is 1. The second kappa shape index (κ2) is 5.61. The van der Waals surface area contributed by atoms with E-state index in [1.165, 1.54) is 5.56 Å². The van der Waals surface area contributed by atoms with Gasteiger partial charge in [0.25, 0.3) is 5.91 Å². The summed E-state index contributed by atoms with van der Waals surface area (Å²) < 4.78 is 5.45. The highest BCUT2D eigenvalue weighted by atomic mass is 16.5. The first kappa shape index (κ1) is 13.9. The summed E-state index contributed by atoms with van der Waals surface area (Å²) in [4.78, 5) is 13.3. The van der Waals surface area contributed by atoms with Crippen LogP contribution >= 0.6 is 0 Å². The highest BCUT2D eigenvalue weighted by molar-refractivity contribution is 5.97. The van der Waals surface area contributed by atoms with Crippen LogP contribution in [0.3, 0.4) is 0 Å². The molecule has 0 fully saturated rings. The number of ether oxygens (including phenoxy) is 1. The van der Waals surface area contributed by atoms with Gasteiger partial charge in [-0.2, -0.15) is 0 Å². The van der Waals surface area contributed by atoms with Crippen LogP contribution in [-0.4, -0.2) is 26.1 Å². The van der Waals surface area contributed by atoms with Crippen molar-refractivity contribution in [3.05, 3.63) is 23.8 Å². The summed E-state index contributed by atoms with van der Waals surface area (Å²) in [6.07, 6.45) is 0.953. The molecule has 1 heterocycles. The molecule has 1 aromatic rings. The number of hydrogen-bond donors (Lipinski definition) is 1. The van der Waals surface area contributed by atoms with Crippen molar-refractivity contribution in [2.45, 2.75) is 26.2 Å². The summed E-state index contributed by atoms with van der Waals surface area (Å²) >= 11 is 0. The van der Waals surface area contributed by atoms with Gasteiger partial charge in [0.1, 0.15) is 5.75 Å². The van der Waals surface area contributed by atoms with Crippen molar-refractivity contribution in [2.75, 3.05) is 25.1 Å². The Kier molecular flexibility index (Phi) is 4.10. The monoisotopic (exact) mass is 262 g/mol. The number of amides is 1. The Morgan fingerprint density at radius 2 is 2.16 bits per heavy atom. The van der Waals surface area contributed by atoms with Gasteiger partial charge in [-0.15, -0.1) is 0 Å². The van der Waals surface area contributed by atoms with Gasteiger partial charge in [-0.05, 0) is 42.5 Å². The number of carbonyl (C=O) groups is 1. The molecule has 1 unspecified atom stereocenters. The number of nitrogens with zero attached hydrogens (tertiary/aromatic N) is 1. The Hall–Kier alpha value is -1.55. The Bertz CT molecular complexity index is 471. The van der Waals surface area contributed by atoms with Crippen molar-refractivity contribution >= 4 is 11.6 Å². The minimum absolute atomic E-state index is 0.00966. The molecule has 1 atom stereocenters. The minimum Gasteiger partial charge on any atom is -0.482 e. The van der Waals surface area contributed by atoms with E-state index in [4.69, 9.17) is 10.5 Å². The molecule has 4 heteroatoms. The van der Waals surface area contributed by atoms with Gasteiger partial charge in [0, 0.05) is 7.05 Å². The number of anilines is 1. The summed E-state index contributed by atoms with van der Waals surface area (Å²) in [6, 6.07) is 6.11. The number of hydrogen-bond acceptors (Lipinski definition) is 3. The molecule has 0 aliphatic carbocycles. The van der Waals surface area contributed by atoms with E-state index in [0.29, 0.717) is 18.4 Å². The third-order valence-corrected chi connectivity index (χ3v) is 3.78. The van der Waals surface area contributed by atoms with E-state index >= 15 is 0 Å². The summed E-state index contributed by atoms with van der Waals surface area (Å²) in [5.41, 5.74) is 7.79. The molecule has 0 radical (unpaired) electrons. The predicted molar refractivity (Wildman–Crippen MR) is 76.6 cm³/mol. The molecule has 19 heavy (non-hydrogen) atoms. The van der Waals surface area contributed by atoms with Crippen LogP contribution in [0.25, 0.3) is 0 Å². The van der Waals surface area contributed by atoms with Gasteiger partial charge >= 0.3 is 0 Å². The average Bonchev–Trinajstić information content (AvgIpc) is 2.40. The number of benzene rings is 1. The van der Waals surface area contributed by atoms with E-state index in [9.17, 15) is 4.79 Å². The van der Waals surface area contributed by atoms with Gasteiger partial charge in [0.2, 0.25) is 0 Å². The van der Waals surface area contributed by atoms with Crippen molar-refractivity contribution in [1.82, 2.24) is 0 Å². The first-order chi connectivity index (χ1) is 9.04. The minimum atomic E-state index is -0.00966. The van der Waals surface area contributed by atoms with Gasteiger partial charge in [-0.25, -0.2) is 0 Å². The lowest BCUT2D eigenvalue weighted by Gasteiger charge is -2.28. The molecule has 2 rings (SSSR count). The summed E-state index contributed by atoms with van der Waals surface area (Å²) in [5.74, 6) is 1.71. The van der Waals surface area contributed by atoms with Crippen LogP contribution in [0.4, 0.5) is 5.69 Å². The smallest absolute Gasteiger partial charge is 0.264 e. The van der Waals surface area contributed by atoms with Crippen LogP contribution in [0, 0.1) is 5.92 Å². The van der Waals surface area contributed by atoms with Crippen molar-refractivity contribution < 1.29 is 9.53 Å². The number of fused-ring (bicyclic) bond motifs is 1. The molecule has 1 aliphatic rings.